The molecule has 2 fully saturated rings. The van der Waals surface area contributed by atoms with Gasteiger partial charge in [0.2, 0.25) is 0 Å². The molecule has 5 N–H and O–H groups in total. The van der Waals surface area contributed by atoms with Crippen molar-refractivity contribution in [2.75, 3.05) is 26.2 Å². The molecule has 1 unspecified atom stereocenters. The maximum absolute atomic E-state index is 5.96. The molecule has 0 aromatic heterocycles. The summed E-state index contributed by atoms with van der Waals surface area (Å²) in [7, 11) is 0. The highest BCUT2D eigenvalue weighted by molar-refractivity contribution is 5.13. The Morgan fingerprint density at radius 1 is 1.16 bits per heavy atom. The first kappa shape index (κ1) is 21.9. The van der Waals surface area contributed by atoms with Gasteiger partial charge in [-0.2, -0.15) is 0 Å². The zero-order valence-corrected chi connectivity index (χ0v) is 17.5. The van der Waals surface area contributed by atoms with Crippen molar-refractivity contribution in [3.8, 4) is 0 Å². The van der Waals surface area contributed by atoms with Crippen LogP contribution in [0.3, 0.4) is 0 Å². The summed E-state index contributed by atoms with van der Waals surface area (Å²) >= 11 is 0. The molecule has 4 heteroatoms. The number of rotatable bonds is 6. The van der Waals surface area contributed by atoms with Gasteiger partial charge in [-0.25, -0.2) is 0 Å². The van der Waals surface area contributed by atoms with Crippen LogP contribution in [0.2, 0.25) is 0 Å². The van der Waals surface area contributed by atoms with E-state index >= 15 is 0 Å². The highest BCUT2D eigenvalue weighted by atomic mass is 15.1. The molecule has 0 aromatic carbocycles. The molecule has 0 radical (unpaired) electrons. The Morgan fingerprint density at radius 3 is 2.28 bits per heavy atom. The second-order valence-corrected chi connectivity index (χ2v) is 8.83. The van der Waals surface area contributed by atoms with E-state index in [0.29, 0.717) is 10.8 Å². The molecule has 4 nitrogen and oxygen atoms in total. The first-order chi connectivity index (χ1) is 11.7. The fraction of sp³-hybridized carbons (Fsp3) is 0.810. The van der Waals surface area contributed by atoms with E-state index in [4.69, 9.17) is 11.5 Å². The van der Waals surface area contributed by atoms with Crippen LogP contribution in [0, 0.1) is 16.7 Å². The lowest BCUT2D eigenvalue weighted by atomic mass is 9.88. The lowest BCUT2D eigenvalue weighted by molar-refractivity contribution is 0.146. The maximum Gasteiger partial charge on any atom is 0.0960 e. The van der Waals surface area contributed by atoms with Crippen LogP contribution in [-0.4, -0.2) is 31.1 Å². The second-order valence-electron chi connectivity index (χ2n) is 8.83. The molecule has 1 spiro atoms. The number of nitrogens with two attached hydrogens (primary N) is 2. The molecule has 0 amide bonds. The van der Waals surface area contributed by atoms with Crippen LogP contribution < -0.4 is 16.8 Å². The Bertz CT molecular complexity index is 447. The Kier molecular flexibility index (Phi) is 8.33. The topological polar surface area (TPSA) is 67.3 Å². The summed E-state index contributed by atoms with van der Waals surface area (Å²) in [5.41, 5.74) is 13.4. The number of nitrogens with one attached hydrogen (secondary N) is 1. The number of likely N-dealkylation sites (tertiary alicyclic amines) is 1. The molecule has 1 aliphatic carbocycles. The minimum absolute atomic E-state index is 0.446. The molecule has 1 saturated carbocycles. The van der Waals surface area contributed by atoms with Gasteiger partial charge in [0, 0.05) is 12.2 Å². The van der Waals surface area contributed by atoms with Gasteiger partial charge in [-0.3, -0.25) is 0 Å². The number of hydrogen-bond donors (Lipinski definition) is 3. The molecular weight excluding hydrogens is 308 g/mol. The summed E-state index contributed by atoms with van der Waals surface area (Å²) in [5, 5.41) is 3.35. The maximum atomic E-state index is 5.96. The second kappa shape index (κ2) is 9.51. The van der Waals surface area contributed by atoms with Crippen molar-refractivity contribution in [1.29, 1.82) is 0 Å². The number of piperidine rings is 1. The lowest BCUT2D eigenvalue weighted by Crippen LogP contribution is -2.37. The first-order valence-corrected chi connectivity index (χ1v) is 10.1. The fourth-order valence-electron chi connectivity index (χ4n) is 3.57. The fourth-order valence-corrected chi connectivity index (χ4v) is 3.57. The predicted molar refractivity (Wildman–Crippen MR) is 110 cm³/mol. The summed E-state index contributed by atoms with van der Waals surface area (Å²) in [5.74, 6) is 1.52. The normalized spacial score (nSPS) is 23.8. The van der Waals surface area contributed by atoms with E-state index in [2.05, 4.69) is 31.0 Å². The zero-order chi connectivity index (χ0) is 19.1. The third kappa shape index (κ3) is 7.72. The van der Waals surface area contributed by atoms with Crippen LogP contribution in [0.25, 0.3) is 0 Å². The third-order valence-electron chi connectivity index (χ3n) is 5.47. The zero-order valence-electron chi connectivity index (χ0n) is 17.5. The van der Waals surface area contributed by atoms with E-state index in [1.54, 1.807) is 0 Å². The Morgan fingerprint density at radius 2 is 1.76 bits per heavy atom. The SMILES string of the molecule is C/C(N)=C/C=C(\N)NCC1CC12CCN(CCC(C)(C)C)CC2.CC. The Labute approximate surface area is 156 Å². The van der Waals surface area contributed by atoms with Gasteiger partial charge in [0.25, 0.3) is 0 Å². The summed E-state index contributed by atoms with van der Waals surface area (Å²) in [6.45, 7) is 17.7. The van der Waals surface area contributed by atoms with Gasteiger partial charge in [-0.1, -0.05) is 34.6 Å². The van der Waals surface area contributed by atoms with Crippen molar-refractivity contribution in [1.82, 2.24) is 10.2 Å². The molecule has 2 aliphatic rings. The number of nitrogens with zero attached hydrogens (tertiary/aromatic N) is 1. The van der Waals surface area contributed by atoms with E-state index in [0.717, 1.165) is 24.0 Å². The van der Waals surface area contributed by atoms with Gasteiger partial charge in [-0.05, 0) is 81.1 Å². The van der Waals surface area contributed by atoms with Crippen LogP contribution in [-0.2, 0) is 0 Å². The van der Waals surface area contributed by atoms with Crippen molar-refractivity contribution in [3.05, 3.63) is 23.7 Å². The Hall–Kier alpha value is -1.16. The molecule has 1 atom stereocenters. The molecule has 146 valence electrons. The van der Waals surface area contributed by atoms with Crippen molar-refractivity contribution in [2.45, 2.75) is 67.2 Å². The van der Waals surface area contributed by atoms with Crippen LogP contribution in [0.4, 0.5) is 0 Å². The molecule has 1 aliphatic heterocycles. The highest BCUT2D eigenvalue weighted by Gasteiger charge is 2.54. The number of allylic oxidation sites excluding steroid dienone is 3. The van der Waals surface area contributed by atoms with Crippen molar-refractivity contribution >= 4 is 0 Å². The van der Waals surface area contributed by atoms with Gasteiger partial charge in [0.15, 0.2) is 0 Å². The first-order valence-electron chi connectivity index (χ1n) is 10.1. The quantitative estimate of drug-likeness (QED) is 0.637. The average molecular weight is 351 g/mol. The van der Waals surface area contributed by atoms with Crippen LogP contribution in [0.5, 0.6) is 0 Å². The molecule has 1 saturated heterocycles. The van der Waals surface area contributed by atoms with Gasteiger partial charge >= 0.3 is 0 Å². The van der Waals surface area contributed by atoms with Crippen molar-refractivity contribution in [2.24, 2.45) is 28.2 Å². The van der Waals surface area contributed by atoms with Gasteiger partial charge in [-0.15, -0.1) is 0 Å². The molecule has 1 heterocycles. The van der Waals surface area contributed by atoms with E-state index in [-0.39, 0.29) is 0 Å². The van der Waals surface area contributed by atoms with Gasteiger partial charge in [0.1, 0.15) is 0 Å². The minimum Gasteiger partial charge on any atom is -0.402 e. The highest BCUT2D eigenvalue weighted by Crippen LogP contribution is 2.59. The Balaban J connectivity index is 0.00000151. The van der Waals surface area contributed by atoms with Crippen LogP contribution >= 0.6 is 0 Å². The van der Waals surface area contributed by atoms with E-state index in [9.17, 15) is 0 Å². The van der Waals surface area contributed by atoms with Crippen molar-refractivity contribution < 1.29 is 0 Å². The van der Waals surface area contributed by atoms with Crippen molar-refractivity contribution in [3.63, 3.8) is 0 Å². The van der Waals surface area contributed by atoms with E-state index < -0.39 is 0 Å². The predicted octanol–water partition coefficient (Wildman–Crippen LogP) is 3.80. The molecule has 2 rings (SSSR count). The standard InChI is InChI=1S/C19H36N4.C2H6/c1-15(20)5-6-17(21)22-14-16-13-19(16)8-11-23(12-9-19)10-7-18(2,3)4;1-2/h5-6,16,22H,7-14,20-21H2,1-4H3;1-2H3/b15-5-,17-6+;. The van der Waals surface area contributed by atoms with Gasteiger partial charge in [0.05, 0.1) is 5.82 Å². The molecule has 25 heavy (non-hydrogen) atoms. The van der Waals surface area contributed by atoms with E-state index in [1.165, 1.54) is 45.3 Å². The summed E-state index contributed by atoms with van der Waals surface area (Å²) in [6, 6.07) is 0. The molecular formula is C21H42N4. The summed E-state index contributed by atoms with van der Waals surface area (Å²) < 4.78 is 0. The summed E-state index contributed by atoms with van der Waals surface area (Å²) in [6.07, 6.45) is 9.08. The van der Waals surface area contributed by atoms with E-state index in [1.807, 2.05) is 32.9 Å². The number of hydrogen-bond acceptors (Lipinski definition) is 4. The molecule has 0 bridgehead atoms. The molecule has 0 aromatic rings. The van der Waals surface area contributed by atoms with Crippen LogP contribution in [0.15, 0.2) is 23.7 Å². The van der Waals surface area contributed by atoms with Crippen LogP contribution in [0.1, 0.15) is 67.2 Å². The lowest BCUT2D eigenvalue weighted by Gasteiger charge is -2.34. The monoisotopic (exact) mass is 350 g/mol. The average Bonchev–Trinajstić information content (AvgIpc) is 3.24. The summed E-state index contributed by atoms with van der Waals surface area (Å²) in [4.78, 5) is 2.66. The third-order valence-corrected chi connectivity index (χ3v) is 5.47. The smallest absolute Gasteiger partial charge is 0.0960 e. The minimum atomic E-state index is 0.446. The van der Waals surface area contributed by atoms with Gasteiger partial charge < -0.3 is 21.7 Å². The largest absolute Gasteiger partial charge is 0.402 e.